The molecule has 1 aromatic carbocycles. The minimum absolute atomic E-state index is 0.0498. The molecule has 2 bridgehead atoms. The van der Waals surface area contributed by atoms with Crippen molar-refractivity contribution in [3.63, 3.8) is 0 Å². The van der Waals surface area contributed by atoms with E-state index in [4.69, 9.17) is 0 Å². The van der Waals surface area contributed by atoms with Crippen LogP contribution in [0.15, 0.2) is 64.2 Å². The highest BCUT2D eigenvalue weighted by Gasteiger charge is 2.57. The molecule has 2 aromatic rings. The lowest BCUT2D eigenvalue weighted by molar-refractivity contribution is 0.0921. The number of benzene rings is 1. The van der Waals surface area contributed by atoms with Gasteiger partial charge in [0, 0.05) is 11.8 Å². The number of nitriles is 1. The van der Waals surface area contributed by atoms with E-state index in [1.54, 1.807) is 30.3 Å². The fraction of sp³-hybridized carbons (Fsp3) is 0.235. The van der Waals surface area contributed by atoms with Gasteiger partial charge in [-0.2, -0.15) is 5.26 Å². The van der Waals surface area contributed by atoms with Crippen molar-refractivity contribution in [2.45, 2.75) is 11.6 Å². The summed E-state index contributed by atoms with van der Waals surface area (Å²) in [6.07, 6.45) is 7.64. The van der Waals surface area contributed by atoms with E-state index in [1.165, 1.54) is 9.36 Å². The summed E-state index contributed by atoms with van der Waals surface area (Å²) in [4.78, 5) is 25.9. The van der Waals surface area contributed by atoms with Crippen LogP contribution in [0.4, 0.5) is 0 Å². The summed E-state index contributed by atoms with van der Waals surface area (Å²) in [6.45, 7) is 0. The molecule has 6 nitrogen and oxygen atoms in total. The molecule has 0 radical (unpaired) electrons. The fourth-order valence-corrected chi connectivity index (χ4v) is 4.07. The lowest BCUT2D eigenvalue weighted by atomic mass is 9.62. The van der Waals surface area contributed by atoms with Gasteiger partial charge >= 0.3 is 11.4 Å². The zero-order chi connectivity index (χ0) is 15.8. The van der Waals surface area contributed by atoms with E-state index in [-0.39, 0.29) is 17.9 Å². The molecule has 4 aliphatic rings. The van der Waals surface area contributed by atoms with Crippen molar-refractivity contribution >= 4 is 0 Å². The number of allylic oxidation sites excluding steroid dienone is 4. The topological polar surface area (TPSA) is 72.7 Å². The Balaban J connectivity index is 1.89. The van der Waals surface area contributed by atoms with E-state index >= 15 is 0 Å². The van der Waals surface area contributed by atoms with Crippen molar-refractivity contribution in [2.24, 2.45) is 11.8 Å². The molecule has 0 fully saturated rings. The Morgan fingerprint density at radius 3 is 2.48 bits per heavy atom. The summed E-state index contributed by atoms with van der Waals surface area (Å²) >= 11 is 0. The van der Waals surface area contributed by atoms with Crippen molar-refractivity contribution < 1.29 is 0 Å². The molecule has 23 heavy (non-hydrogen) atoms. The lowest BCUT2D eigenvalue weighted by Crippen LogP contribution is -2.60. The molecule has 112 valence electrons. The average Bonchev–Trinajstić information content (AvgIpc) is 2.81. The average molecular weight is 304 g/mol. The van der Waals surface area contributed by atoms with Crippen molar-refractivity contribution in [1.29, 1.82) is 5.26 Å². The van der Waals surface area contributed by atoms with Crippen molar-refractivity contribution in [3.8, 4) is 11.8 Å². The number of nitrogens with zero attached hydrogens (tertiary/aromatic N) is 4. The highest BCUT2D eigenvalue weighted by Crippen LogP contribution is 2.52. The first-order chi connectivity index (χ1) is 11.2. The summed E-state index contributed by atoms with van der Waals surface area (Å²) in [5.74, 6) is 0.0506. The first kappa shape index (κ1) is 12.5. The van der Waals surface area contributed by atoms with Crippen LogP contribution in [-0.4, -0.2) is 13.9 Å². The quantitative estimate of drug-likeness (QED) is 0.736. The number of hydrogen-bond donors (Lipinski definition) is 0. The number of para-hydroxylation sites is 1. The molecule has 0 N–H and O–H groups in total. The van der Waals surface area contributed by atoms with Crippen LogP contribution >= 0.6 is 0 Å². The molecule has 2 aliphatic carbocycles. The number of rotatable bonds is 1. The van der Waals surface area contributed by atoms with Crippen LogP contribution in [0.3, 0.4) is 0 Å². The molecule has 3 heterocycles. The molecule has 6 heteroatoms. The minimum atomic E-state index is -1.11. The van der Waals surface area contributed by atoms with E-state index in [9.17, 15) is 14.9 Å². The SMILES string of the molecule is N#C[C@@]12C=C[C@@H]([C@H]3C=C[C@H]31)n1c(=O)n(-c3ccccc3)c(=O)n12. The molecular formula is C17H12N4O2. The van der Waals surface area contributed by atoms with Gasteiger partial charge in [-0.1, -0.05) is 36.4 Å². The normalized spacial score (nSPS) is 32.0. The summed E-state index contributed by atoms with van der Waals surface area (Å²) < 4.78 is 3.94. The maximum Gasteiger partial charge on any atom is 0.353 e. The van der Waals surface area contributed by atoms with Crippen molar-refractivity contribution in [1.82, 2.24) is 13.9 Å². The highest BCUT2D eigenvalue weighted by atomic mass is 16.2. The summed E-state index contributed by atoms with van der Waals surface area (Å²) in [5.41, 5.74) is -1.45. The molecule has 1 aromatic heterocycles. The summed E-state index contributed by atoms with van der Waals surface area (Å²) in [5, 5.41) is 9.81. The number of aromatic nitrogens is 3. The zero-order valence-corrected chi connectivity index (χ0v) is 12.0. The minimum Gasteiger partial charge on any atom is -0.245 e. The molecule has 0 spiro atoms. The van der Waals surface area contributed by atoms with Crippen LogP contribution in [-0.2, 0) is 5.54 Å². The highest BCUT2D eigenvalue weighted by molar-refractivity contribution is 5.39. The fourth-order valence-electron chi connectivity index (χ4n) is 4.07. The maximum atomic E-state index is 13.0. The molecule has 0 saturated carbocycles. The predicted molar refractivity (Wildman–Crippen MR) is 82.2 cm³/mol. The smallest absolute Gasteiger partial charge is 0.245 e. The molecular weight excluding hydrogens is 292 g/mol. The Labute approximate surface area is 130 Å². The molecule has 0 amide bonds. The maximum absolute atomic E-state index is 13.0. The Morgan fingerprint density at radius 1 is 1.04 bits per heavy atom. The summed E-state index contributed by atoms with van der Waals surface area (Å²) in [7, 11) is 0. The van der Waals surface area contributed by atoms with E-state index in [1.807, 2.05) is 24.3 Å². The van der Waals surface area contributed by atoms with E-state index in [2.05, 4.69) is 6.07 Å². The third-order valence-corrected chi connectivity index (χ3v) is 5.21. The predicted octanol–water partition coefficient (Wildman–Crippen LogP) is 0.946. The van der Waals surface area contributed by atoms with Gasteiger partial charge in [0.2, 0.25) is 0 Å². The van der Waals surface area contributed by atoms with Gasteiger partial charge in [0.25, 0.3) is 0 Å². The molecule has 6 rings (SSSR count). The molecule has 2 aliphatic heterocycles. The van der Waals surface area contributed by atoms with Gasteiger partial charge in [-0.25, -0.2) is 23.5 Å². The van der Waals surface area contributed by atoms with Gasteiger partial charge in [-0.3, -0.25) is 0 Å². The van der Waals surface area contributed by atoms with Gasteiger partial charge in [-0.15, -0.1) is 0 Å². The van der Waals surface area contributed by atoms with Crippen molar-refractivity contribution in [2.75, 3.05) is 0 Å². The Bertz CT molecular complexity index is 1050. The molecule has 0 unspecified atom stereocenters. The summed E-state index contributed by atoms with van der Waals surface area (Å²) in [6, 6.07) is 10.9. The van der Waals surface area contributed by atoms with Crippen LogP contribution in [0.2, 0.25) is 0 Å². The molecule has 0 saturated heterocycles. The zero-order valence-electron chi connectivity index (χ0n) is 12.0. The van der Waals surface area contributed by atoms with Crippen LogP contribution in [0.5, 0.6) is 0 Å². The van der Waals surface area contributed by atoms with E-state index < -0.39 is 16.9 Å². The number of hydrogen-bond acceptors (Lipinski definition) is 3. The second kappa shape index (κ2) is 3.82. The second-order valence-electron chi connectivity index (χ2n) is 6.17. The third kappa shape index (κ3) is 1.21. The lowest BCUT2D eigenvalue weighted by Gasteiger charge is -2.51. The van der Waals surface area contributed by atoms with Gasteiger partial charge in [0.15, 0.2) is 5.54 Å². The Morgan fingerprint density at radius 2 is 1.83 bits per heavy atom. The van der Waals surface area contributed by atoms with E-state index in [0.717, 1.165) is 4.57 Å². The van der Waals surface area contributed by atoms with Gasteiger partial charge in [0.1, 0.15) is 0 Å². The first-order valence-electron chi connectivity index (χ1n) is 7.50. The van der Waals surface area contributed by atoms with Gasteiger partial charge in [-0.05, 0) is 18.2 Å². The second-order valence-corrected chi connectivity index (χ2v) is 6.17. The van der Waals surface area contributed by atoms with E-state index in [0.29, 0.717) is 5.69 Å². The van der Waals surface area contributed by atoms with Crippen LogP contribution in [0.1, 0.15) is 6.04 Å². The standard InChI is InChI=1S/C17H12N4O2/c18-10-17-9-8-14(12-6-7-13(12)17)20-15(22)19(16(23)21(17)20)11-4-2-1-3-5-11/h1-9,12-14H/t12-,13+,14-,17-/m0/s1. The van der Waals surface area contributed by atoms with Crippen molar-refractivity contribution in [3.05, 3.63) is 75.6 Å². The monoisotopic (exact) mass is 304 g/mol. The first-order valence-corrected chi connectivity index (χ1v) is 7.50. The van der Waals surface area contributed by atoms with Crippen LogP contribution in [0.25, 0.3) is 5.69 Å². The third-order valence-electron chi connectivity index (χ3n) is 5.21. The van der Waals surface area contributed by atoms with Crippen LogP contribution in [0, 0.1) is 23.2 Å². The van der Waals surface area contributed by atoms with Gasteiger partial charge < -0.3 is 0 Å². The Kier molecular flexibility index (Phi) is 2.07. The molecule has 4 atom stereocenters. The van der Waals surface area contributed by atoms with Crippen LogP contribution < -0.4 is 11.4 Å². The largest absolute Gasteiger partial charge is 0.353 e. The van der Waals surface area contributed by atoms with Gasteiger partial charge in [0.05, 0.1) is 17.8 Å². The Hall–Kier alpha value is -3.07.